The zero-order valence-electron chi connectivity index (χ0n) is 9.70. The van der Waals surface area contributed by atoms with Crippen LogP contribution >= 0.6 is 0 Å². The average Bonchev–Trinajstić information content (AvgIpc) is 2.29. The normalized spacial score (nSPS) is 10.1. The first-order valence-corrected chi connectivity index (χ1v) is 5.81. The summed E-state index contributed by atoms with van der Waals surface area (Å²) in [5.74, 6) is 0.107. The van der Waals surface area contributed by atoms with E-state index < -0.39 is 0 Å². The Morgan fingerprint density at radius 1 is 1.19 bits per heavy atom. The quantitative estimate of drug-likeness (QED) is 0.726. The molecule has 0 atom stereocenters. The average molecular weight is 221 g/mol. The zero-order chi connectivity index (χ0) is 11.8. The molecule has 0 heterocycles. The van der Waals surface area contributed by atoms with E-state index in [1.165, 1.54) is 25.0 Å². The predicted molar refractivity (Wildman–Crippen MR) is 64.6 cm³/mol. The first-order valence-electron chi connectivity index (χ1n) is 5.81. The summed E-state index contributed by atoms with van der Waals surface area (Å²) in [4.78, 5) is 11.6. The topological polar surface area (TPSA) is 49.3 Å². The minimum atomic E-state index is -0.0727. The van der Waals surface area contributed by atoms with Crippen molar-refractivity contribution in [2.45, 2.75) is 32.6 Å². The summed E-state index contributed by atoms with van der Waals surface area (Å²) in [5, 5.41) is 11.9. The zero-order valence-corrected chi connectivity index (χ0v) is 9.70. The molecule has 0 saturated heterocycles. The van der Waals surface area contributed by atoms with Gasteiger partial charge in [0.25, 0.3) is 5.91 Å². The van der Waals surface area contributed by atoms with E-state index in [0.29, 0.717) is 5.56 Å². The molecule has 88 valence electrons. The van der Waals surface area contributed by atoms with Crippen LogP contribution < -0.4 is 5.32 Å². The molecular weight excluding hydrogens is 202 g/mol. The van der Waals surface area contributed by atoms with Crippen molar-refractivity contribution in [1.82, 2.24) is 5.32 Å². The number of rotatable bonds is 6. The molecule has 1 aromatic carbocycles. The highest BCUT2D eigenvalue weighted by atomic mass is 16.3. The monoisotopic (exact) mass is 221 g/mol. The summed E-state index contributed by atoms with van der Waals surface area (Å²) < 4.78 is 0. The highest BCUT2D eigenvalue weighted by molar-refractivity contribution is 5.94. The Bertz CT molecular complexity index is 319. The lowest BCUT2D eigenvalue weighted by Crippen LogP contribution is -2.24. The third-order valence-corrected chi connectivity index (χ3v) is 2.45. The van der Waals surface area contributed by atoms with Crippen molar-refractivity contribution in [1.29, 1.82) is 0 Å². The van der Waals surface area contributed by atoms with Crippen molar-refractivity contribution in [3.8, 4) is 5.75 Å². The van der Waals surface area contributed by atoms with Gasteiger partial charge in [0, 0.05) is 12.1 Å². The molecule has 1 aromatic rings. The van der Waals surface area contributed by atoms with Gasteiger partial charge in [-0.05, 0) is 30.7 Å². The first-order chi connectivity index (χ1) is 7.74. The molecule has 2 N–H and O–H groups in total. The second kappa shape index (κ2) is 6.88. The van der Waals surface area contributed by atoms with Gasteiger partial charge >= 0.3 is 0 Å². The minimum absolute atomic E-state index is 0.0727. The molecule has 0 fully saturated rings. The smallest absolute Gasteiger partial charge is 0.251 e. The minimum Gasteiger partial charge on any atom is -0.508 e. The number of amides is 1. The Morgan fingerprint density at radius 2 is 1.88 bits per heavy atom. The van der Waals surface area contributed by atoms with Crippen LogP contribution in [0, 0.1) is 0 Å². The maximum atomic E-state index is 11.6. The fourth-order valence-corrected chi connectivity index (χ4v) is 1.47. The molecule has 0 aliphatic heterocycles. The Labute approximate surface area is 96.5 Å². The highest BCUT2D eigenvalue weighted by Gasteiger charge is 2.03. The fourth-order valence-electron chi connectivity index (χ4n) is 1.47. The van der Waals surface area contributed by atoms with Crippen molar-refractivity contribution in [2.75, 3.05) is 6.54 Å². The van der Waals surface area contributed by atoms with E-state index in [4.69, 9.17) is 5.11 Å². The van der Waals surface area contributed by atoms with E-state index in [0.717, 1.165) is 19.4 Å². The fraction of sp³-hybridized carbons (Fsp3) is 0.462. The SMILES string of the molecule is CCCCCCNC(=O)c1ccc(O)cc1. The second-order valence-electron chi connectivity index (χ2n) is 3.86. The lowest BCUT2D eigenvalue weighted by atomic mass is 10.2. The molecule has 0 unspecified atom stereocenters. The van der Waals surface area contributed by atoms with Crippen LogP contribution in [0.3, 0.4) is 0 Å². The molecule has 1 rings (SSSR count). The number of hydrogen-bond acceptors (Lipinski definition) is 2. The van der Waals surface area contributed by atoms with E-state index in [1.807, 2.05) is 0 Å². The van der Waals surface area contributed by atoms with E-state index in [9.17, 15) is 4.79 Å². The van der Waals surface area contributed by atoms with Crippen LogP contribution in [0.1, 0.15) is 43.0 Å². The third-order valence-electron chi connectivity index (χ3n) is 2.45. The maximum absolute atomic E-state index is 11.6. The molecule has 0 spiro atoms. The number of unbranched alkanes of at least 4 members (excludes halogenated alkanes) is 3. The van der Waals surface area contributed by atoms with Gasteiger partial charge in [0.1, 0.15) is 5.75 Å². The van der Waals surface area contributed by atoms with Crippen LogP contribution in [0.2, 0.25) is 0 Å². The van der Waals surface area contributed by atoms with Gasteiger partial charge < -0.3 is 10.4 Å². The van der Waals surface area contributed by atoms with Crippen LogP contribution in [-0.2, 0) is 0 Å². The summed E-state index contributed by atoms with van der Waals surface area (Å²) in [7, 11) is 0. The molecular formula is C13H19NO2. The second-order valence-corrected chi connectivity index (χ2v) is 3.86. The number of carbonyl (C=O) groups excluding carboxylic acids is 1. The molecule has 0 radical (unpaired) electrons. The Balaban J connectivity index is 2.27. The summed E-state index contributed by atoms with van der Waals surface area (Å²) in [6.45, 7) is 2.88. The van der Waals surface area contributed by atoms with E-state index in [2.05, 4.69) is 12.2 Å². The van der Waals surface area contributed by atoms with Crippen molar-refractivity contribution >= 4 is 5.91 Å². The maximum Gasteiger partial charge on any atom is 0.251 e. The molecule has 0 aliphatic carbocycles. The number of phenolic OH excluding ortho intramolecular Hbond substituents is 1. The van der Waals surface area contributed by atoms with Gasteiger partial charge in [-0.1, -0.05) is 26.2 Å². The van der Waals surface area contributed by atoms with Gasteiger partial charge in [-0.2, -0.15) is 0 Å². The number of aromatic hydroxyl groups is 1. The predicted octanol–water partition coefficient (Wildman–Crippen LogP) is 2.70. The summed E-state index contributed by atoms with van der Waals surface area (Å²) in [6, 6.07) is 6.28. The number of hydrogen-bond donors (Lipinski definition) is 2. The van der Waals surface area contributed by atoms with Crippen molar-refractivity contribution in [2.24, 2.45) is 0 Å². The van der Waals surface area contributed by atoms with Gasteiger partial charge in [0.05, 0.1) is 0 Å². The van der Waals surface area contributed by atoms with Gasteiger partial charge in [-0.15, -0.1) is 0 Å². The molecule has 0 bridgehead atoms. The third kappa shape index (κ3) is 4.34. The highest BCUT2D eigenvalue weighted by Crippen LogP contribution is 2.09. The van der Waals surface area contributed by atoms with Crippen LogP contribution in [0.15, 0.2) is 24.3 Å². The largest absolute Gasteiger partial charge is 0.508 e. The van der Waals surface area contributed by atoms with Gasteiger partial charge in [0.15, 0.2) is 0 Å². The Kier molecular flexibility index (Phi) is 5.40. The molecule has 3 heteroatoms. The lowest BCUT2D eigenvalue weighted by molar-refractivity contribution is 0.0953. The number of carbonyl (C=O) groups is 1. The molecule has 0 aromatic heterocycles. The molecule has 16 heavy (non-hydrogen) atoms. The van der Waals surface area contributed by atoms with Crippen molar-refractivity contribution < 1.29 is 9.90 Å². The molecule has 0 aliphatic rings. The van der Waals surface area contributed by atoms with Crippen LogP contribution in [0.4, 0.5) is 0 Å². The summed E-state index contributed by atoms with van der Waals surface area (Å²) in [6.07, 6.45) is 4.60. The molecule has 3 nitrogen and oxygen atoms in total. The van der Waals surface area contributed by atoms with E-state index in [1.54, 1.807) is 12.1 Å². The molecule has 1 amide bonds. The van der Waals surface area contributed by atoms with Crippen LogP contribution in [0.5, 0.6) is 5.75 Å². The van der Waals surface area contributed by atoms with Crippen LogP contribution in [-0.4, -0.2) is 17.6 Å². The standard InChI is InChI=1S/C13H19NO2/c1-2-3-4-5-10-14-13(16)11-6-8-12(15)9-7-11/h6-9,15H,2-5,10H2,1H3,(H,14,16). The number of benzene rings is 1. The Morgan fingerprint density at radius 3 is 2.50 bits per heavy atom. The number of phenols is 1. The summed E-state index contributed by atoms with van der Waals surface area (Å²) in [5.41, 5.74) is 0.591. The molecule has 0 saturated carbocycles. The van der Waals surface area contributed by atoms with Crippen molar-refractivity contribution in [3.05, 3.63) is 29.8 Å². The van der Waals surface area contributed by atoms with E-state index in [-0.39, 0.29) is 11.7 Å². The lowest BCUT2D eigenvalue weighted by Gasteiger charge is -2.04. The number of nitrogens with one attached hydrogen (secondary N) is 1. The van der Waals surface area contributed by atoms with Crippen LogP contribution in [0.25, 0.3) is 0 Å². The Hall–Kier alpha value is -1.51. The van der Waals surface area contributed by atoms with Gasteiger partial charge in [0.2, 0.25) is 0 Å². The van der Waals surface area contributed by atoms with Gasteiger partial charge in [-0.25, -0.2) is 0 Å². The van der Waals surface area contributed by atoms with E-state index >= 15 is 0 Å². The summed E-state index contributed by atoms with van der Waals surface area (Å²) >= 11 is 0. The first kappa shape index (κ1) is 12.6. The van der Waals surface area contributed by atoms with Gasteiger partial charge in [-0.3, -0.25) is 4.79 Å². The van der Waals surface area contributed by atoms with Crippen molar-refractivity contribution in [3.63, 3.8) is 0 Å².